The third-order valence-electron chi connectivity index (χ3n) is 3.88. The Labute approximate surface area is 142 Å². The van der Waals surface area contributed by atoms with Gasteiger partial charge in [0.15, 0.2) is 0 Å². The van der Waals surface area contributed by atoms with Crippen LogP contribution in [-0.4, -0.2) is 18.5 Å². The van der Waals surface area contributed by atoms with Crippen molar-refractivity contribution in [1.29, 1.82) is 0 Å². The highest BCUT2D eigenvalue weighted by molar-refractivity contribution is 6.31. The Hall–Kier alpha value is -0.840. The van der Waals surface area contributed by atoms with Gasteiger partial charge in [-0.2, -0.15) is 0 Å². The second-order valence-electron chi connectivity index (χ2n) is 6.15. The summed E-state index contributed by atoms with van der Waals surface area (Å²) in [6.07, 6.45) is 1.49. The number of amides is 1. The van der Waals surface area contributed by atoms with Gasteiger partial charge in [-0.3, -0.25) is 4.79 Å². The van der Waals surface area contributed by atoms with E-state index in [-0.39, 0.29) is 42.0 Å². The van der Waals surface area contributed by atoms with E-state index in [9.17, 15) is 9.18 Å². The summed E-state index contributed by atoms with van der Waals surface area (Å²) in [6, 6.07) is 4.60. The van der Waals surface area contributed by atoms with E-state index in [0.29, 0.717) is 29.5 Å². The Balaban J connectivity index is 0.00000242. The monoisotopic (exact) mass is 348 g/mol. The lowest BCUT2D eigenvalue weighted by Gasteiger charge is -2.19. The third kappa shape index (κ3) is 4.58. The van der Waals surface area contributed by atoms with Crippen LogP contribution >= 0.6 is 24.0 Å². The van der Waals surface area contributed by atoms with Crippen molar-refractivity contribution in [1.82, 2.24) is 5.32 Å². The molecule has 1 aliphatic carbocycles. The average Bonchev–Trinajstić information content (AvgIpc) is 3.17. The minimum atomic E-state index is -0.333. The van der Waals surface area contributed by atoms with E-state index in [2.05, 4.69) is 19.2 Å². The molecule has 1 aromatic rings. The van der Waals surface area contributed by atoms with Gasteiger partial charge in [0, 0.05) is 35.0 Å². The molecule has 1 amide bonds. The topological polar surface area (TPSA) is 55.1 Å². The molecule has 3 atom stereocenters. The Morgan fingerprint density at radius 2 is 2.18 bits per heavy atom. The molecule has 0 spiro atoms. The van der Waals surface area contributed by atoms with Crippen LogP contribution in [0.3, 0.4) is 0 Å². The van der Waals surface area contributed by atoms with Crippen LogP contribution in [0.1, 0.15) is 38.2 Å². The lowest BCUT2D eigenvalue weighted by molar-refractivity contribution is -0.123. The molecular formula is C16H23Cl2FN2O. The second-order valence-corrected chi connectivity index (χ2v) is 6.56. The van der Waals surface area contributed by atoms with E-state index >= 15 is 0 Å². The van der Waals surface area contributed by atoms with E-state index in [0.717, 1.165) is 6.42 Å². The van der Waals surface area contributed by atoms with Gasteiger partial charge in [0.25, 0.3) is 0 Å². The van der Waals surface area contributed by atoms with Gasteiger partial charge in [-0.1, -0.05) is 31.5 Å². The number of nitrogens with two attached hydrogens (primary N) is 1. The van der Waals surface area contributed by atoms with Crippen molar-refractivity contribution in [2.24, 2.45) is 17.6 Å². The largest absolute Gasteiger partial charge is 0.352 e. The van der Waals surface area contributed by atoms with E-state index < -0.39 is 0 Å². The number of hydrogen-bond donors (Lipinski definition) is 2. The summed E-state index contributed by atoms with van der Waals surface area (Å²) in [7, 11) is 0. The standard InChI is InChI=1S/C16H22ClFN2O.ClH/c1-9(2)6-10(8-19)20-16(21)12-7-11(12)15-13(17)4-3-5-14(15)18;/h3-5,9-12H,6-8,19H2,1-2H3,(H,20,21);1H. The first kappa shape index (κ1) is 19.2. The molecule has 0 radical (unpaired) electrons. The zero-order chi connectivity index (χ0) is 15.6. The zero-order valence-electron chi connectivity index (χ0n) is 12.8. The van der Waals surface area contributed by atoms with Crippen LogP contribution in [0.15, 0.2) is 18.2 Å². The molecule has 1 aliphatic rings. The summed E-state index contributed by atoms with van der Waals surface area (Å²) in [5.41, 5.74) is 6.15. The van der Waals surface area contributed by atoms with Crippen molar-refractivity contribution in [3.8, 4) is 0 Å². The van der Waals surface area contributed by atoms with Crippen LogP contribution in [0.5, 0.6) is 0 Å². The first-order valence-corrected chi connectivity index (χ1v) is 7.76. The Kier molecular flexibility index (Phi) is 7.10. The van der Waals surface area contributed by atoms with E-state index in [1.54, 1.807) is 12.1 Å². The highest BCUT2D eigenvalue weighted by Gasteiger charge is 2.46. The highest BCUT2D eigenvalue weighted by atomic mass is 35.5. The number of halogens is 3. The molecule has 1 aromatic carbocycles. The van der Waals surface area contributed by atoms with Crippen molar-refractivity contribution < 1.29 is 9.18 Å². The fourth-order valence-corrected chi connectivity index (χ4v) is 3.06. The highest BCUT2D eigenvalue weighted by Crippen LogP contribution is 2.50. The lowest BCUT2D eigenvalue weighted by atomic mass is 10.0. The Bertz CT molecular complexity index is 505. The Morgan fingerprint density at radius 1 is 1.50 bits per heavy atom. The maximum Gasteiger partial charge on any atom is 0.224 e. The number of benzene rings is 1. The van der Waals surface area contributed by atoms with Crippen LogP contribution in [-0.2, 0) is 4.79 Å². The van der Waals surface area contributed by atoms with Crippen LogP contribution in [0.4, 0.5) is 4.39 Å². The number of hydrogen-bond acceptors (Lipinski definition) is 2. The molecule has 0 saturated heterocycles. The molecule has 6 heteroatoms. The average molecular weight is 349 g/mol. The summed E-state index contributed by atoms with van der Waals surface area (Å²) in [5.74, 6) is -0.220. The first-order chi connectivity index (χ1) is 9.93. The van der Waals surface area contributed by atoms with Gasteiger partial charge in [0.2, 0.25) is 5.91 Å². The molecule has 22 heavy (non-hydrogen) atoms. The lowest BCUT2D eigenvalue weighted by Crippen LogP contribution is -2.42. The van der Waals surface area contributed by atoms with Gasteiger partial charge in [-0.15, -0.1) is 12.4 Å². The summed E-state index contributed by atoms with van der Waals surface area (Å²) in [5, 5.41) is 3.37. The van der Waals surface area contributed by atoms with Crippen LogP contribution < -0.4 is 11.1 Å². The second kappa shape index (κ2) is 8.14. The SMILES string of the molecule is CC(C)CC(CN)NC(=O)C1CC1c1c(F)cccc1Cl.Cl. The smallest absolute Gasteiger partial charge is 0.224 e. The van der Waals surface area contributed by atoms with E-state index in [1.165, 1.54) is 6.07 Å². The predicted molar refractivity (Wildman–Crippen MR) is 89.9 cm³/mol. The van der Waals surface area contributed by atoms with E-state index in [1.807, 2.05) is 0 Å². The first-order valence-electron chi connectivity index (χ1n) is 7.38. The molecule has 1 saturated carbocycles. The van der Waals surface area contributed by atoms with Crippen LogP contribution in [0.2, 0.25) is 5.02 Å². The van der Waals surface area contributed by atoms with Gasteiger partial charge in [-0.05, 0) is 30.9 Å². The summed E-state index contributed by atoms with van der Waals surface area (Å²) in [6.45, 7) is 4.60. The van der Waals surface area contributed by atoms with Crippen molar-refractivity contribution in [3.63, 3.8) is 0 Å². The predicted octanol–water partition coefficient (Wildman–Crippen LogP) is 3.49. The minimum absolute atomic E-state index is 0. The number of rotatable bonds is 6. The summed E-state index contributed by atoms with van der Waals surface area (Å²) < 4.78 is 13.8. The minimum Gasteiger partial charge on any atom is -0.352 e. The van der Waals surface area contributed by atoms with Gasteiger partial charge >= 0.3 is 0 Å². The molecule has 3 unspecified atom stereocenters. The van der Waals surface area contributed by atoms with Gasteiger partial charge in [-0.25, -0.2) is 4.39 Å². The molecule has 3 N–H and O–H groups in total. The molecule has 0 heterocycles. The molecule has 3 nitrogen and oxygen atoms in total. The van der Waals surface area contributed by atoms with Crippen LogP contribution in [0.25, 0.3) is 0 Å². The molecule has 0 bridgehead atoms. The van der Waals surface area contributed by atoms with Crippen molar-refractivity contribution in [2.45, 2.75) is 38.6 Å². The number of carbonyl (C=O) groups excluding carboxylic acids is 1. The zero-order valence-corrected chi connectivity index (χ0v) is 14.4. The maximum atomic E-state index is 13.8. The fourth-order valence-electron chi connectivity index (χ4n) is 2.76. The molecular weight excluding hydrogens is 326 g/mol. The Morgan fingerprint density at radius 3 is 2.73 bits per heavy atom. The number of nitrogens with one attached hydrogen (secondary N) is 1. The van der Waals surface area contributed by atoms with Crippen LogP contribution in [0, 0.1) is 17.7 Å². The summed E-state index contributed by atoms with van der Waals surface area (Å²) in [4.78, 5) is 12.2. The third-order valence-corrected chi connectivity index (χ3v) is 4.21. The maximum absolute atomic E-state index is 13.8. The summed E-state index contributed by atoms with van der Waals surface area (Å²) >= 11 is 6.04. The molecule has 124 valence electrons. The van der Waals surface area contributed by atoms with Crippen molar-refractivity contribution in [3.05, 3.63) is 34.6 Å². The van der Waals surface area contributed by atoms with Gasteiger partial charge in [0.1, 0.15) is 5.82 Å². The normalized spacial score (nSPS) is 21.2. The number of carbonyl (C=O) groups is 1. The molecule has 1 fully saturated rings. The van der Waals surface area contributed by atoms with Gasteiger partial charge in [0.05, 0.1) is 0 Å². The molecule has 2 rings (SSSR count). The molecule has 0 aromatic heterocycles. The van der Waals surface area contributed by atoms with Crippen molar-refractivity contribution in [2.75, 3.05) is 6.54 Å². The quantitative estimate of drug-likeness (QED) is 0.826. The van der Waals surface area contributed by atoms with E-state index in [4.69, 9.17) is 17.3 Å². The van der Waals surface area contributed by atoms with Gasteiger partial charge < -0.3 is 11.1 Å². The fraction of sp³-hybridized carbons (Fsp3) is 0.562. The molecule has 0 aliphatic heterocycles. The van der Waals surface area contributed by atoms with Crippen molar-refractivity contribution >= 4 is 29.9 Å².